The van der Waals surface area contributed by atoms with Gasteiger partial charge in [0.1, 0.15) is 0 Å². The number of nitrogens with one attached hydrogen (secondary N) is 1. The highest BCUT2D eigenvalue weighted by atomic mass is 32.1. The molecule has 1 aliphatic carbocycles. The lowest BCUT2D eigenvalue weighted by Crippen LogP contribution is -2.43. The van der Waals surface area contributed by atoms with Crippen molar-refractivity contribution in [1.82, 2.24) is 15.2 Å². The maximum absolute atomic E-state index is 12.3. The van der Waals surface area contributed by atoms with Gasteiger partial charge in [-0.25, -0.2) is 4.98 Å². The van der Waals surface area contributed by atoms with Gasteiger partial charge in [0.2, 0.25) is 11.8 Å². The highest BCUT2D eigenvalue weighted by molar-refractivity contribution is 7.09. The molecular weight excluding hydrogens is 334 g/mol. The van der Waals surface area contributed by atoms with Gasteiger partial charge in [-0.05, 0) is 25.7 Å². The summed E-state index contributed by atoms with van der Waals surface area (Å²) in [4.78, 5) is 30.7. The van der Waals surface area contributed by atoms with Gasteiger partial charge in [-0.1, -0.05) is 20.3 Å². The summed E-state index contributed by atoms with van der Waals surface area (Å²) < 4.78 is 0. The van der Waals surface area contributed by atoms with Crippen LogP contribution >= 0.6 is 11.3 Å². The molecule has 6 heteroatoms. The summed E-state index contributed by atoms with van der Waals surface area (Å²) in [6.45, 7) is 6.20. The molecule has 2 fully saturated rings. The second kappa shape index (κ2) is 8.30. The molecule has 1 aromatic heterocycles. The van der Waals surface area contributed by atoms with Crippen LogP contribution in [0.1, 0.15) is 62.6 Å². The first-order valence-corrected chi connectivity index (χ1v) is 10.4. The second-order valence-electron chi connectivity index (χ2n) is 7.60. The number of nitrogens with zero attached hydrogens (tertiary/aromatic N) is 2. The molecule has 0 radical (unpaired) electrons. The van der Waals surface area contributed by atoms with Gasteiger partial charge >= 0.3 is 0 Å². The summed E-state index contributed by atoms with van der Waals surface area (Å²) in [5.74, 6) is 1.29. The van der Waals surface area contributed by atoms with Crippen LogP contribution in [-0.4, -0.2) is 41.3 Å². The highest BCUT2D eigenvalue weighted by Crippen LogP contribution is 2.33. The van der Waals surface area contributed by atoms with Crippen molar-refractivity contribution in [2.45, 2.75) is 58.3 Å². The van der Waals surface area contributed by atoms with E-state index in [0.717, 1.165) is 50.9 Å². The Labute approximate surface area is 154 Å². The molecule has 1 N–H and O–H groups in total. The lowest BCUT2D eigenvalue weighted by molar-refractivity contribution is -0.139. The van der Waals surface area contributed by atoms with Crippen molar-refractivity contribution in [1.29, 1.82) is 0 Å². The molecule has 3 rings (SSSR count). The zero-order chi connectivity index (χ0) is 17.8. The Hall–Kier alpha value is -1.43. The number of likely N-dealkylation sites (tertiary alicyclic amines) is 1. The van der Waals surface area contributed by atoms with Crippen molar-refractivity contribution in [3.05, 3.63) is 16.1 Å². The molecule has 0 aromatic carbocycles. The molecule has 0 unspecified atom stereocenters. The van der Waals surface area contributed by atoms with Gasteiger partial charge in [0, 0.05) is 49.2 Å². The lowest BCUT2D eigenvalue weighted by Gasteiger charge is -2.36. The third kappa shape index (κ3) is 4.60. The second-order valence-corrected chi connectivity index (χ2v) is 8.49. The molecular formula is C19H29N3O2S. The van der Waals surface area contributed by atoms with Crippen molar-refractivity contribution in [3.63, 3.8) is 0 Å². The average molecular weight is 364 g/mol. The minimum Gasteiger partial charge on any atom is -0.355 e. The number of carbonyl (C=O) groups is 2. The Morgan fingerprint density at radius 3 is 2.60 bits per heavy atom. The lowest BCUT2D eigenvalue weighted by atomic mass is 9.83. The molecule has 2 aliphatic rings. The van der Waals surface area contributed by atoms with E-state index < -0.39 is 0 Å². The fourth-order valence-corrected chi connectivity index (χ4v) is 4.43. The first-order chi connectivity index (χ1) is 12.0. The fraction of sp³-hybridized carbons (Fsp3) is 0.737. The number of hydrogen-bond donors (Lipinski definition) is 1. The molecule has 1 saturated heterocycles. The van der Waals surface area contributed by atoms with Crippen molar-refractivity contribution in [2.75, 3.05) is 19.6 Å². The number of carbonyl (C=O) groups excluding carboxylic acids is 2. The third-order valence-corrected chi connectivity index (χ3v) is 6.44. The maximum atomic E-state index is 12.3. The van der Waals surface area contributed by atoms with Gasteiger partial charge < -0.3 is 10.2 Å². The zero-order valence-electron chi connectivity index (χ0n) is 15.3. The number of aromatic nitrogens is 1. The Kier molecular flexibility index (Phi) is 6.10. The summed E-state index contributed by atoms with van der Waals surface area (Å²) in [5, 5.41) is 6.25. The van der Waals surface area contributed by atoms with Crippen molar-refractivity contribution in [2.24, 2.45) is 11.8 Å². The Balaban J connectivity index is 1.43. The zero-order valence-corrected chi connectivity index (χ0v) is 16.1. The predicted octanol–water partition coefficient (Wildman–Crippen LogP) is 2.96. The summed E-state index contributed by atoms with van der Waals surface area (Å²) in [5.41, 5.74) is 1.07. The van der Waals surface area contributed by atoms with Gasteiger partial charge in [-0.3, -0.25) is 9.59 Å². The van der Waals surface area contributed by atoms with Gasteiger partial charge in [0.15, 0.2) is 0 Å². The molecule has 1 saturated carbocycles. The number of hydrogen-bond acceptors (Lipinski definition) is 4. The van der Waals surface area contributed by atoms with E-state index in [-0.39, 0.29) is 11.8 Å². The van der Waals surface area contributed by atoms with E-state index in [1.807, 2.05) is 13.8 Å². The highest BCUT2D eigenvalue weighted by Gasteiger charge is 2.32. The van der Waals surface area contributed by atoms with E-state index in [0.29, 0.717) is 24.3 Å². The van der Waals surface area contributed by atoms with E-state index in [9.17, 15) is 9.59 Å². The molecule has 0 spiro atoms. The van der Waals surface area contributed by atoms with Crippen LogP contribution in [0.2, 0.25) is 0 Å². The largest absolute Gasteiger partial charge is 0.355 e. The molecule has 138 valence electrons. The SMILES string of the molecule is CC(C)C(=O)NCCc1csc(C2CCN(C(=O)C3CCC3)CC2)n1. The molecule has 25 heavy (non-hydrogen) atoms. The number of amides is 2. The monoisotopic (exact) mass is 363 g/mol. The number of piperidine rings is 1. The third-order valence-electron chi connectivity index (χ3n) is 5.38. The Bertz CT molecular complexity index is 602. The number of thiazole rings is 1. The van der Waals surface area contributed by atoms with Crippen LogP contribution in [0.3, 0.4) is 0 Å². The summed E-state index contributed by atoms with van der Waals surface area (Å²) in [6, 6.07) is 0. The van der Waals surface area contributed by atoms with E-state index in [2.05, 4.69) is 15.6 Å². The van der Waals surface area contributed by atoms with E-state index in [1.165, 1.54) is 11.4 Å². The van der Waals surface area contributed by atoms with Crippen molar-refractivity contribution < 1.29 is 9.59 Å². The molecule has 1 aliphatic heterocycles. The summed E-state index contributed by atoms with van der Waals surface area (Å²) >= 11 is 1.73. The van der Waals surface area contributed by atoms with E-state index >= 15 is 0 Å². The summed E-state index contributed by atoms with van der Waals surface area (Å²) in [7, 11) is 0. The molecule has 0 bridgehead atoms. The minimum atomic E-state index is 0.0267. The van der Waals surface area contributed by atoms with E-state index in [1.54, 1.807) is 11.3 Å². The van der Waals surface area contributed by atoms with Crippen molar-refractivity contribution >= 4 is 23.2 Å². The van der Waals surface area contributed by atoms with Crippen LogP contribution in [0.15, 0.2) is 5.38 Å². The molecule has 2 amide bonds. The minimum absolute atomic E-state index is 0.0267. The normalized spacial score (nSPS) is 19.1. The Morgan fingerprint density at radius 2 is 2.00 bits per heavy atom. The quantitative estimate of drug-likeness (QED) is 0.845. The predicted molar refractivity (Wildman–Crippen MR) is 99.6 cm³/mol. The van der Waals surface area contributed by atoms with Crippen molar-refractivity contribution in [3.8, 4) is 0 Å². The first kappa shape index (κ1) is 18.4. The van der Waals surface area contributed by atoms with Gasteiger partial charge in [-0.15, -0.1) is 11.3 Å². The molecule has 2 heterocycles. The first-order valence-electron chi connectivity index (χ1n) is 9.55. The van der Waals surface area contributed by atoms with Crippen LogP contribution in [0.4, 0.5) is 0 Å². The van der Waals surface area contributed by atoms with Crippen LogP contribution in [0.5, 0.6) is 0 Å². The maximum Gasteiger partial charge on any atom is 0.225 e. The molecule has 1 aromatic rings. The van der Waals surface area contributed by atoms with Gasteiger partial charge in [0.25, 0.3) is 0 Å². The fourth-order valence-electron chi connectivity index (χ4n) is 3.40. The topological polar surface area (TPSA) is 62.3 Å². The van der Waals surface area contributed by atoms with E-state index in [4.69, 9.17) is 4.98 Å². The standard InChI is InChI=1S/C19H29N3O2S/c1-13(2)17(23)20-9-6-16-12-25-18(21-16)14-7-10-22(11-8-14)19(24)15-4-3-5-15/h12-15H,3-11H2,1-2H3,(H,20,23). The smallest absolute Gasteiger partial charge is 0.225 e. The Morgan fingerprint density at radius 1 is 1.28 bits per heavy atom. The molecule has 5 nitrogen and oxygen atoms in total. The average Bonchev–Trinajstić information content (AvgIpc) is 3.02. The number of rotatable bonds is 6. The molecule has 0 atom stereocenters. The van der Waals surface area contributed by atoms with Gasteiger partial charge in [-0.2, -0.15) is 0 Å². The van der Waals surface area contributed by atoms with Crippen LogP contribution in [0.25, 0.3) is 0 Å². The van der Waals surface area contributed by atoms with Crippen LogP contribution < -0.4 is 5.32 Å². The summed E-state index contributed by atoms with van der Waals surface area (Å²) in [6.07, 6.45) is 6.22. The van der Waals surface area contributed by atoms with Crippen LogP contribution in [0, 0.1) is 11.8 Å². The van der Waals surface area contributed by atoms with Gasteiger partial charge in [0.05, 0.1) is 10.7 Å². The van der Waals surface area contributed by atoms with Crippen LogP contribution in [-0.2, 0) is 16.0 Å².